The van der Waals surface area contributed by atoms with E-state index in [9.17, 15) is 4.79 Å². The van der Waals surface area contributed by atoms with Gasteiger partial charge in [-0.3, -0.25) is 4.90 Å². The minimum Gasteiger partial charge on any atom is -0.383 e. The van der Waals surface area contributed by atoms with E-state index in [1.54, 1.807) is 7.11 Å². The number of hydrogen-bond donors (Lipinski definition) is 1. The molecule has 6 heteroatoms. The lowest BCUT2D eigenvalue weighted by Gasteiger charge is -2.24. The summed E-state index contributed by atoms with van der Waals surface area (Å²) in [4.78, 5) is 26.5. The lowest BCUT2D eigenvalue weighted by atomic mass is 9.88. The number of ether oxygens (including phenoxy) is 1. The third-order valence-corrected chi connectivity index (χ3v) is 5.89. The fourth-order valence-corrected chi connectivity index (χ4v) is 4.30. The summed E-state index contributed by atoms with van der Waals surface area (Å²) in [7, 11) is 1.78. The Kier molecular flexibility index (Phi) is 5.97. The molecule has 158 valence electrons. The highest BCUT2D eigenvalue weighted by Crippen LogP contribution is 2.27. The summed E-state index contributed by atoms with van der Waals surface area (Å²) >= 11 is 0. The molecule has 2 aromatic heterocycles. The minimum absolute atomic E-state index is 0.429. The maximum Gasteiger partial charge on any atom is 0.156 e. The highest BCUT2D eigenvalue weighted by atomic mass is 16.5. The smallest absolute Gasteiger partial charge is 0.156 e. The molecule has 1 aromatic carbocycles. The van der Waals surface area contributed by atoms with Crippen LogP contribution in [0.2, 0.25) is 0 Å². The molecule has 4 rings (SSSR count). The highest BCUT2D eigenvalue weighted by molar-refractivity contribution is 5.78. The molecular formula is C24H30N4O2. The molecule has 1 aliphatic heterocycles. The molecule has 0 amide bonds. The largest absolute Gasteiger partial charge is 0.383 e. The number of aldehydes is 1. The molecule has 1 atom stereocenters. The Morgan fingerprint density at radius 2 is 2.23 bits per heavy atom. The second-order valence-corrected chi connectivity index (χ2v) is 8.97. The Morgan fingerprint density at radius 1 is 1.37 bits per heavy atom. The summed E-state index contributed by atoms with van der Waals surface area (Å²) in [6.07, 6.45) is 7.79. The van der Waals surface area contributed by atoms with E-state index >= 15 is 0 Å². The number of rotatable bonds is 8. The number of carbonyl (C=O) groups excluding carboxylic acids is 1. The van der Waals surface area contributed by atoms with Crippen LogP contribution in [0.1, 0.15) is 37.8 Å². The van der Waals surface area contributed by atoms with Crippen molar-refractivity contribution in [3.63, 3.8) is 0 Å². The molecule has 1 saturated heterocycles. The van der Waals surface area contributed by atoms with E-state index in [1.165, 1.54) is 18.4 Å². The third kappa shape index (κ3) is 4.45. The van der Waals surface area contributed by atoms with Crippen LogP contribution in [0.4, 0.5) is 0 Å². The van der Waals surface area contributed by atoms with E-state index in [0.717, 1.165) is 54.0 Å². The Morgan fingerprint density at radius 3 is 3.03 bits per heavy atom. The van der Waals surface area contributed by atoms with Crippen molar-refractivity contribution in [2.75, 3.05) is 20.3 Å². The quantitative estimate of drug-likeness (QED) is 0.573. The van der Waals surface area contributed by atoms with E-state index in [1.807, 2.05) is 26.2 Å². The summed E-state index contributed by atoms with van der Waals surface area (Å²) < 4.78 is 5.39. The standard InChI is InChI=1S/C24H30N4O2/c1-24(2,16-29)11-19-12-25-23-22(19)27-21(13-26-23)18-7-4-6-17(10-18)14-28-9-5-8-20(28)15-30-3/h4,6-7,10,12-13,16,20H,5,8-9,11,14-15H2,1-3H3,(H,25,26)/t20-/m1/s1. The van der Waals surface area contributed by atoms with Gasteiger partial charge < -0.3 is 14.5 Å². The van der Waals surface area contributed by atoms with Gasteiger partial charge in [-0.1, -0.05) is 32.0 Å². The van der Waals surface area contributed by atoms with Crippen molar-refractivity contribution in [1.82, 2.24) is 19.9 Å². The minimum atomic E-state index is -0.429. The number of methoxy groups -OCH3 is 1. The Bertz CT molecular complexity index is 1030. The van der Waals surface area contributed by atoms with Gasteiger partial charge in [0.05, 0.1) is 18.5 Å². The summed E-state index contributed by atoms with van der Waals surface area (Å²) in [6.45, 7) is 6.70. The molecule has 1 N–H and O–H groups in total. The van der Waals surface area contributed by atoms with Gasteiger partial charge in [0, 0.05) is 36.9 Å². The molecule has 30 heavy (non-hydrogen) atoms. The van der Waals surface area contributed by atoms with Crippen LogP contribution >= 0.6 is 0 Å². The first-order valence-corrected chi connectivity index (χ1v) is 10.6. The lowest BCUT2D eigenvalue weighted by Crippen LogP contribution is -2.32. The van der Waals surface area contributed by atoms with Crippen LogP contribution in [-0.2, 0) is 22.5 Å². The van der Waals surface area contributed by atoms with Gasteiger partial charge in [-0.2, -0.15) is 0 Å². The second-order valence-electron chi connectivity index (χ2n) is 8.97. The predicted molar refractivity (Wildman–Crippen MR) is 118 cm³/mol. The summed E-state index contributed by atoms with van der Waals surface area (Å²) in [5.41, 5.74) is 5.37. The monoisotopic (exact) mass is 406 g/mol. The number of carbonyl (C=O) groups is 1. The normalized spacial score (nSPS) is 17.6. The lowest BCUT2D eigenvalue weighted by molar-refractivity contribution is -0.114. The van der Waals surface area contributed by atoms with E-state index < -0.39 is 5.41 Å². The Hall–Kier alpha value is -2.57. The van der Waals surface area contributed by atoms with Crippen molar-refractivity contribution in [2.45, 2.75) is 45.7 Å². The summed E-state index contributed by atoms with van der Waals surface area (Å²) in [6, 6.07) is 9.05. The van der Waals surface area contributed by atoms with Crippen molar-refractivity contribution in [3.8, 4) is 11.3 Å². The maximum atomic E-state index is 11.4. The summed E-state index contributed by atoms with van der Waals surface area (Å²) in [5, 5.41) is 0. The number of benzene rings is 1. The van der Waals surface area contributed by atoms with E-state index in [-0.39, 0.29) is 0 Å². The van der Waals surface area contributed by atoms with E-state index in [2.05, 4.69) is 39.1 Å². The average Bonchev–Trinajstić information content (AvgIpc) is 3.35. The fourth-order valence-electron chi connectivity index (χ4n) is 4.30. The molecule has 3 aromatic rings. The third-order valence-electron chi connectivity index (χ3n) is 5.89. The molecule has 0 radical (unpaired) electrons. The van der Waals surface area contributed by atoms with Crippen LogP contribution < -0.4 is 0 Å². The number of nitrogens with one attached hydrogen (secondary N) is 1. The Balaban J connectivity index is 1.59. The van der Waals surface area contributed by atoms with Gasteiger partial charge in [-0.05, 0) is 43.0 Å². The number of likely N-dealkylation sites (tertiary alicyclic amines) is 1. The van der Waals surface area contributed by atoms with Gasteiger partial charge in [0.1, 0.15) is 11.8 Å². The van der Waals surface area contributed by atoms with Gasteiger partial charge in [-0.15, -0.1) is 0 Å². The molecule has 3 heterocycles. The molecule has 0 bridgehead atoms. The number of fused-ring (bicyclic) bond motifs is 1. The molecule has 1 fully saturated rings. The van der Waals surface area contributed by atoms with Crippen LogP contribution in [0.25, 0.3) is 22.4 Å². The zero-order valence-electron chi connectivity index (χ0n) is 18.0. The number of hydrogen-bond acceptors (Lipinski definition) is 5. The molecular weight excluding hydrogens is 376 g/mol. The van der Waals surface area contributed by atoms with Crippen molar-refractivity contribution in [1.29, 1.82) is 0 Å². The predicted octanol–water partition coefficient (Wildman–Crippen LogP) is 4.00. The van der Waals surface area contributed by atoms with Crippen molar-refractivity contribution in [3.05, 3.63) is 47.8 Å². The molecule has 0 saturated carbocycles. The van der Waals surface area contributed by atoms with Gasteiger partial charge in [0.15, 0.2) is 5.65 Å². The first-order valence-electron chi connectivity index (χ1n) is 10.6. The van der Waals surface area contributed by atoms with Crippen LogP contribution in [0.15, 0.2) is 36.7 Å². The summed E-state index contributed by atoms with van der Waals surface area (Å²) in [5.74, 6) is 0. The van der Waals surface area contributed by atoms with Crippen molar-refractivity contribution in [2.24, 2.45) is 5.41 Å². The van der Waals surface area contributed by atoms with Gasteiger partial charge >= 0.3 is 0 Å². The zero-order chi connectivity index (χ0) is 21.1. The molecule has 0 unspecified atom stereocenters. The van der Waals surface area contributed by atoms with E-state index in [0.29, 0.717) is 12.5 Å². The topological polar surface area (TPSA) is 71.1 Å². The van der Waals surface area contributed by atoms with Crippen LogP contribution in [-0.4, -0.2) is 52.4 Å². The highest BCUT2D eigenvalue weighted by Gasteiger charge is 2.24. The zero-order valence-corrected chi connectivity index (χ0v) is 18.0. The van der Waals surface area contributed by atoms with E-state index in [4.69, 9.17) is 9.72 Å². The molecule has 6 nitrogen and oxygen atoms in total. The fraction of sp³-hybridized carbons (Fsp3) is 0.458. The average molecular weight is 407 g/mol. The van der Waals surface area contributed by atoms with Gasteiger partial charge in [0.2, 0.25) is 0 Å². The maximum absolute atomic E-state index is 11.4. The number of aromatic nitrogens is 3. The van der Waals surface area contributed by atoms with Crippen LogP contribution in [0, 0.1) is 5.41 Å². The van der Waals surface area contributed by atoms with Crippen molar-refractivity contribution >= 4 is 17.5 Å². The van der Waals surface area contributed by atoms with Crippen LogP contribution in [0.5, 0.6) is 0 Å². The van der Waals surface area contributed by atoms with Gasteiger partial charge in [0.25, 0.3) is 0 Å². The number of H-pyrrole nitrogens is 1. The first kappa shape index (κ1) is 20.7. The van der Waals surface area contributed by atoms with Crippen LogP contribution in [0.3, 0.4) is 0 Å². The van der Waals surface area contributed by atoms with Crippen molar-refractivity contribution < 1.29 is 9.53 Å². The second kappa shape index (κ2) is 8.66. The molecule has 0 aliphatic carbocycles. The van der Waals surface area contributed by atoms with Gasteiger partial charge in [-0.25, -0.2) is 9.97 Å². The Labute approximate surface area is 177 Å². The number of nitrogens with zero attached hydrogens (tertiary/aromatic N) is 3. The molecule has 1 aliphatic rings. The number of aromatic amines is 1. The SMILES string of the molecule is COC[C@H]1CCCN1Cc1cccc(-c2cnc3[nH]cc(CC(C)(C)C=O)c3n2)c1. The molecule has 0 spiro atoms. The first-order chi connectivity index (χ1) is 14.5.